The van der Waals surface area contributed by atoms with Gasteiger partial charge in [0, 0.05) is 24.4 Å². The van der Waals surface area contributed by atoms with Gasteiger partial charge in [0.05, 0.1) is 0 Å². The standard InChI is InChI=1S/C13H20N2/c1-9(2)12-10-4-6-13(12,8-10)11-5-7-14-15(11)3/h5,7,9-10,12H,4,6,8H2,1-3H3. The maximum atomic E-state index is 4.34. The van der Waals surface area contributed by atoms with Crippen LogP contribution in [0.4, 0.5) is 0 Å². The molecule has 0 saturated heterocycles. The van der Waals surface area contributed by atoms with Crippen molar-refractivity contribution < 1.29 is 0 Å². The first kappa shape index (κ1) is 9.44. The number of aryl methyl sites for hydroxylation is 1. The summed E-state index contributed by atoms with van der Waals surface area (Å²) < 4.78 is 2.09. The lowest BCUT2D eigenvalue weighted by atomic mass is 9.55. The van der Waals surface area contributed by atoms with Crippen LogP contribution in [-0.2, 0) is 12.5 Å². The second-order valence-corrected chi connectivity index (χ2v) is 5.77. The van der Waals surface area contributed by atoms with E-state index in [1.807, 2.05) is 6.20 Å². The summed E-state index contributed by atoms with van der Waals surface area (Å²) in [5.74, 6) is 2.73. The van der Waals surface area contributed by atoms with Gasteiger partial charge in [0.1, 0.15) is 0 Å². The van der Waals surface area contributed by atoms with Crippen molar-refractivity contribution in [1.82, 2.24) is 9.78 Å². The minimum atomic E-state index is 0.490. The molecule has 1 aromatic heterocycles. The molecule has 0 radical (unpaired) electrons. The summed E-state index contributed by atoms with van der Waals surface area (Å²) in [6.07, 6.45) is 6.19. The summed E-state index contributed by atoms with van der Waals surface area (Å²) in [5.41, 5.74) is 1.97. The van der Waals surface area contributed by atoms with Crippen molar-refractivity contribution in [2.75, 3.05) is 0 Å². The summed E-state index contributed by atoms with van der Waals surface area (Å²) in [7, 11) is 2.09. The highest BCUT2D eigenvalue weighted by Crippen LogP contribution is 2.65. The number of fused-ring (bicyclic) bond motifs is 1. The number of hydrogen-bond acceptors (Lipinski definition) is 1. The number of aromatic nitrogens is 2. The summed E-state index contributed by atoms with van der Waals surface area (Å²) in [6, 6.07) is 2.23. The van der Waals surface area contributed by atoms with Gasteiger partial charge in [-0.3, -0.25) is 4.68 Å². The molecule has 15 heavy (non-hydrogen) atoms. The van der Waals surface area contributed by atoms with E-state index in [-0.39, 0.29) is 0 Å². The summed E-state index contributed by atoms with van der Waals surface area (Å²) >= 11 is 0. The Hall–Kier alpha value is -0.790. The average Bonchev–Trinajstić information content (AvgIpc) is 2.73. The van der Waals surface area contributed by atoms with E-state index in [0.717, 1.165) is 17.8 Å². The molecule has 82 valence electrons. The van der Waals surface area contributed by atoms with Crippen LogP contribution in [0.1, 0.15) is 38.8 Å². The lowest BCUT2D eigenvalue weighted by Gasteiger charge is -2.50. The molecule has 0 spiro atoms. The van der Waals surface area contributed by atoms with Crippen molar-refractivity contribution in [3.8, 4) is 0 Å². The predicted molar refractivity (Wildman–Crippen MR) is 60.6 cm³/mol. The molecule has 3 unspecified atom stereocenters. The maximum absolute atomic E-state index is 4.34. The van der Waals surface area contributed by atoms with Crippen molar-refractivity contribution in [3.63, 3.8) is 0 Å². The topological polar surface area (TPSA) is 17.8 Å². The van der Waals surface area contributed by atoms with Gasteiger partial charge in [-0.1, -0.05) is 13.8 Å². The summed E-state index contributed by atoms with van der Waals surface area (Å²) in [6.45, 7) is 4.76. The van der Waals surface area contributed by atoms with Crippen LogP contribution >= 0.6 is 0 Å². The third-order valence-electron chi connectivity index (χ3n) is 4.78. The van der Waals surface area contributed by atoms with Gasteiger partial charge in [0.25, 0.3) is 0 Å². The van der Waals surface area contributed by atoms with Crippen LogP contribution in [0, 0.1) is 17.8 Å². The zero-order chi connectivity index (χ0) is 10.6. The van der Waals surface area contributed by atoms with Gasteiger partial charge in [-0.05, 0) is 43.1 Å². The molecule has 2 nitrogen and oxygen atoms in total. The maximum Gasteiger partial charge on any atom is 0.0492 e. The predicted octanol–water partition coefficient (Wildman–Crippen LogP) is 2.74. The molecule has 0 aliphatic heterocycles. The Kier molecular flexibility index (Phi) is 1.80. The van der Waals surface area contributed by atoms with Crippen molar-refractivity contribution in [2.45, 2.75) is 38.5 Å². The fourth-order valence-corrected chi connectivity index (χ4v) is 4.46. The Morgan fingerprint density at radius 2 is 2.33 bits per heavy atom. The second kappa shape index (κ2) is 2.87. The number of nitrogens with zero attached hydrogens (tertiary/aromatic N) is 2. The summed E-state index contributed by atoms with van der Waals surface area (Å²) in [4.78, 5) is 0. The number of hydrogen-bond donors (Lipinski definition) is 0. The SMILES string of the molecule is CC(C)C1C2CCC1(c1ccnn1C)C2. The van der Waals surface area contributed by atoms with E-state index in [9.17, 15) is 0 Å². The Balaban J connectivity index is 2.01. The monoisotopic (exact) mass is 204 g/mol. The molecule has 4 rings (SSSR count). The largest absolute Gasteiger partial charge is 0.272 e. The van der Waals surface area contributed by atoms with Gasteiger partial charge in [0.2, 0.25) is 0 Å². The molecule has 2 bridgehead atoms. The molecular weight excluding hydrogens is 184 g/mol. The third-order valence-corrected chi connectivity index (χ3v) is 4.78. The fraction of sp³-hybridized carbons (Fsp3) is 0.769. The van der Waals surface area contributed by atoms with Crippen molar-refractivity contribution in [1.29, 1.82) is 0 Å². The van der Waals surface area contributed by atoms with Crippen LogP contribution in [0.15, 0.2) is 12.3 Å². The molecule has 3 atom stereocenters. The molecule has 1 heterocycles. The van der Waals surface area contributed by atoms with Crippen molar-refractivity contribution in [3.05, 3.63) is 18.0 Å². The van der Waals surface area contributed by atoms with Crippen LogP contribution in [0.25, 0.3) is 0 Å². The first-order valence-corrected chi connectivity index (χ1v) is 6.13. The Bertz CT molecular complexity index is 376. The zero-order valence-electron chi connectivity index (χ0n) is 9.90. The molecule has 3 fully saturated rings. The van der Waals surface area contributed by atoms with E-state index < -0.39 is 0 Å². The smallest absolute Gasteiger partial charge is 0.0492 e. The lowest BCUT2D eigenvalue weighted by molar-refractivity contribution is 0.0581. The molecule has 1 aromatic rings. The molecular formula is C13H20N2. The van der Waals surface area contributed by atoms with Gasteiger partial charge < -0.3 is 0 Å². The molecule has 0 amide bonds. The first-order valence-electron chi connectivity index (χ1n) is 6.13. The average molecular weight is 204 g/mol. The fourth-order valence-electron chi connectivity index (χ4n) is 4.46. The van der Waals surface area contributed by atoms with Gasteiger partial charge in [0.15, 0.2) is 0 Å². The van der Waals surface area contributed by atoms with E-state index in [1.54, 1.807) is 0 Å². The quantitative estimate of drug-likeness (QED) is 0.724. The van der Waals surface area contributed by atoms with E-state index in [4.69, 9.17) is 0 Å². The van der Waals surface area contributed by atoms with Crippen molar-refractivity contribution in [2.24, 2.45) is 24.8 Å². The first-order chi connectivity index (χ1) is 7.15. The molecule has 2 heteroatoms. The van der Waals surface area contributed by atoms with E-state index in [1.165, 1.54) is 25.0 Å². The summed E-state index contributed by atoms with van der Waals surface area (Å²) in [5, 5.41) is 4.34. The molecule has 0 aromatic carbocycles. The number of rotatable bonds is 2. The Labute approximate surface area is 91.7 Å². The Morgan fingerprint density at radius 1 is 1.53 bits per heavy atom. The molecule has 3 saturated carbocycles. The lowest BCUT2D eigenvalue weighted by Crippen LogP contribution is -2.47. The molecule has 3 aliphatic rings. The van der Waals surface area contributed by atoms with Crippen LogP contribution in [0.2, 0.25) is 0 Å². The Morgan fingerprint density at radius 3 is 2.87 bits per heavy atom. The highest BCUT2D eigenvalue weighted by atomic mass is 15.3. The van der Waals surface area contributed by atoms with Crippen LogP contribution in [-0.4, -0.2) is 9.78 Å². The van der Waals surface area contributed by atoms with E-state index in [2.05, 4.69) is 36.7 Å². The van der Waals surface area contributed by atoms with Gasteiger partial charge in [-0.15, -0.1) is 0 Å². The second-order valence-electron chi connectivity index (χ2n) is 5.77. The minimum absolute atomic E-state index is 0.490. The van der Waals surface area contributed by atoms with E-state index >= 15 is 0 Å². The van der Waals surface area contributed by atoms with Gasteiger partial charge >= 0.3 is 0 Å². The third kappa shape index (κ3) is 1.03. The van der Waals surface area contributed by atoms with Crippen LogP contribution in [0.3, 0.4) is 0 Å². The highest BCUT2D eigenvalue weighted by molar-refractivity contribution is 5.28. The van der Waals surface area contributed by atoms with Crippen LogP contribution < -0.4 is 0 Å². The van der Waals surface area contributed by atoms with Crippen molar-refractivity contribution >= 4 is 0 Å². The highest BCUT2D eigenvalue weighted by Gasteiger charge is 2.61. The van der Waals surface area contributed by atoms with Gasteiger partial charge in [-0.2, -0.15) is 5.10 Å². The normalized spacial score (nSPS) is 38.4. The van der Waals surface area contributed by atoms with Gasteiger partial charge in [-0.25, -0.2) is 0 Å². The molecule has 3 aliphatic carbocycles. The zero-order valence-corrected chi connectivity index (χ0v) is 9.90. The minimum Gasteiger partial charge on any atom is -0.272 e. The van der Waals surface area contributed by atoms with E-state index in [0.29, 0.717) is 5.41 Å². The molecule has 0 N–H and O–H groups in total. The van der Waals surface area contributed by atoms with Crippen LogP contribution in [0.5, 0.6) is 0 Å².